The molecule has 0 spiro atoms. The molecule has 22 heavy (non-hydrogen) atoms. The zero-order chi connectivity index (χ0) is 15.4. The number of carbonyl (C=O) groups is 1. The molecular formula is C19H20O3. The number of carbonyl (C=O) groups excluding carboxylic acids is 1. The predicted molar refractivity (Wildman–Crippen MR) is 85.8 cm³/mol. The Morgan fingerprint density at radius 3 is 2.55 bits per heavy atom. The second-order valence-corrected chi connectivity index (χ2v) is 5.56. The number of para-hydroxylation sites is 1. The normalized spacial score (nSPS) is 13.7. The van der Waals surface area contributed by atoms with E-state index >= 15 is 0 Å². The molecule has 0 heterocycles. The summed E-state index contributed by atoms with van der Waals surface area (Å²) in [6, 6.07) is 15.1. The first-order valence-electron chi connectivity index (χ1n) is 7.82. The fourth-order valence-corrected chi connectivity index (χ4v) is 2.29. The lowest BCUT2D eigenvalue weighted by Crippen LogP contribution is -2.06. The maximum atomic E-state index is 12.5. The van der Waals surface area contributed by atoms with Gasteiger partial charge in [0.25, 0.3) is 0 Å². The standard InChI is InChI=1S/C19H20O3/c1-2-12-21-18-11-10-16(22-15-6-4-3-5-7-15)13-17(18)19(20)14-8-9-14/h3-7,10-11,13-14H,2,8-9,12H2,1H3. The van der Waals surface area contributed by atoms with Crippen molar-refractivity contribution in [1.82, 2.24) is 0 Å². The molecule has 0 amide bonds. The lowest BCUT2D eigenvalue weighted by molar-refractivity contribution is 0.0963. The molecule has 114 valence electrons. The third kappa shape index (κ3) is 3.48. The number of Topliss-reactive ketones (excluding diaryl/α,β-unsaturated/α-hetero) is 1. The highest BCUT2D eigenvalue weighted by molar-refractivity contribution is 6.02. The SMILES string of the molecule is CCCOc1ccc(Oc2ccccc2)cc1C(=O)C1CC1. The number of ketones is 1. The quantitative estimate of drug-likeness (QED) is 0.684. The topological polar surface area (TPSA) is 35.5 Å². The van der Waals surface area contributed by atoms with Gasteiger partial charge in [-0.2, -0.15) is 0 Å². The van der Waals surface area contributed by atoms with Crippen LogP contribution in [0.15, 0.2) is 48.5 Å². The number of ether oxygens (including phenoxy) is 2. The van der Waals surface area contributed by atoms with E-state index in [1.807, 2.05) is 42.5 Å². The van der Waals surface area contributed by atoms with Crippen molar-refractivity contribution in [2.24, 2.45) is 5.92 Å². The van der Waals surface area contributed by atoms with Crippen molar-refractivity contribution in [1.29, 1.82) is 0 Å². The summed E-state index contributed by atoms with van der Waals surface area (Å²) in [5.74, 6) is 2.42. The largest absolute Gasteiger partial charge is 0.493 e. The molecule has 3 rings (SSSR count). The summed E-state index contributed by atoms with van der Waals surface area (Å²) in [6.07, 6.45) is 2.88. The van der Waals surface area contributed by atoms with Crippen LogP contribution in [0, 0.1) is 5.92 Å². The lowest BCUT2D eigenvalue weighted by Gasteiger charge is -2.12. The van der Waals surface area contributed by atoms with Crippen LogP contribution in [0.4, 0.5) is 0 Å². The molecule has 0 radical (unpaired) electrons. The Bertz CT molecular complexity index is 645. The average Bonchev–Trinajstić information content (AvgIpc) is 3.39. The van der Waals surface area contributed by atoms with Gasteiger partial charge in [-0.25, -0.2) is 0 Å². The van der Waals surface area contributed by atoms with Crippen molar-refractivity contribution in [2.45, 2.75) is 26.2 Å². The Labute approximate surface area is 130 Å². The van der Waals surface area contributed by atoms with E-state index in [0.717, 1.165) is 25.0 Å². The van der Waals surface area contributed by atoms with Gasteiger partial charge in [-0.3, -0.25) is 4.79 Å². The number of hydrogen-bond acceptors (Lipinski definition) is 3. The van der Waals surface area contributed by atoms with Gasteiger partial charge in [-0.05, 0) is 49.6 Å². The van der Waals surface area contributed by atoms with Crippen LogP contribution in [0.2, 0.25) is 0 Å². The average molecular weight is 296 g/mol. The molecule has 0 aliphatic heterocycles. The van der Waals surface area contributed by atoms with E-state index in [1.165, 1.54) is 0 Å². The number of hydrogen-bond donors (Lipinski definition) is 0. The Kier molecular flexibility index (Phi) is 4.42. The van der Waals surface area contributed by atoms with E-state index in [2.05, 4.69) is 6.92 Å². The van der Waals surface area contributed by atoms with E-state index in [-0.39, 0.29) is 11.7 Å². The van der Waals surface area contributed by atoms with Gasteiger partial charge in [0, 0.05) is 5.92 Å². The van der Waals surface area contributed by atoms with Crippen LogP contribution >= 0.6 is 0 Å². The first-order chi connectivity index (χ1) is 10.8. The van der Waals surface area contributed by atoms with Crippen molar-refractivity contribution < 1.29 is 14.3 Å². The first kappa shape index (κ1) is 14.6. The van der Waals surface area contributed by atoms with Gasteiger partial charge in [-0.15, -0.1) is 0 Å². The molecule has 0 bridgehead atoms. The van der Waals surface area contributed by atoms with Gasteiger partial charge in [0.2, 0.25) is 0 Å². The molecule has 0 atom stereocenters. The van der Waals surface area contributed by atoms with E-state index in [4.69, 9.17) is 9.47 Å². The van der Waals surface area contributed by atoms with Gasteiger partial charge >= 0.3 is 0 Å². The van der Waals surface area contributed by atoms with Crippen LogP contribution in [-0.2, 0) is 0 Å². The zero-order valence-corrected chi connectivity index (χ0v) is 12.7. The molecule has 1 aliphatic carbocycles. The highest BCUT2D eigenvalue weighted by Gasteiger charge is 2.32. The fourth-order valence-electron chi connectivity index (χ4n) is 2.29. The van der Waals surface area contributed by atoms with Crippen molar-refractivity contribution in [3.63, 3.8) is 0 Å². The van der Waals surface area contributed by atoms with Crippen LogP contribution in [0.1, 0.15) is 36.5 Å². The lowest BCUT2D eigenvalue weighted by atomic mass is 10.1. The first-order valence-corrected chi connectivity index (χ1v) is 7.82. The molecule has 1 fully saturated rings. The minimum atomic E-state index is 0.163. The fraction of sp³-hybridized carbons (Fsp3) is 0.316. The highest BCUT2D eigenvalue weighted by atomic mass is 16.5. The Morgan fingerprint density at radius 2 is 1.86 bits per heavy atom. The summed E-state index contributed by atoms with van der Waals surface area (Å²) >= 11 is 0. The predicted octanol–water partition coefficient (Wildman–Crippen LogP) is 4.86. The molecular weight excluding hydrogens is 276 g/mol. The van der Waals surface area contributed by atoms with Crippen LogP contribution in [0.5, 0.6) is 17.2 Å². The van der Waals surface area contributed by atoms with Crippen LogP contribution < -0.4 is 9.47 Å². The summed E-state index contributed by atoms with van der Waals surface area (Å²) in [6.45, 7) is 2.67. The van der Waals surface area contributed by atoms with Crippen molar-refractivity contribution in [3.05, 3.63) is 54.1 Å². The second kappa shape index (κ2) is 6.65. The van der Waals surface area contributed by atoms with Gasteiger partial charge in [0.1, 0.15) is 17.2 Å². The maximum Gasteiger partial charge on any atom is 0.169 e. The maximum absolute atomic E-state index is 12.5. The minimum absolute atomic E-state index is 0.163. The zero-order valence-electron chi connectivity index (χ0n) is 12.7. The molecule has 1 saturated carbocycles. The van der Waals surface area contributed by atoms with Crippen LogP contribution in [0.25, 0.3) is 0 Å². The molecule has 1 aliphatic rings. The van der Waals surface area contributed by atoms with E-state index in [9.17, 15) is 4.79 Å². The number of rotatable bonds is 7. The Morgan fingerprint density at radius 1 is 1.09 bits per heavy atom. The Hall–Kier alpha value is -2.29. The van der Waals surface area contributed by atoms with Gasteiger partial charge in [0.15, 0.2) is 5.78 Å². The summed E-state index contributed by atoms with van der Waals surface area (Å²) in [5, 5.41) is 0. The Balaban J connectivity index is 1.85. The van der Waals surface area contributed by atoms with E-state index in [0.29, 0.717) is 23.7 Å². The summed E-state index contributed by atoms with van der Waals surface area (Å²) in [7, 11) is 0. The smallest absolute Gasteiger partial charge is 0.169 e. The monoisotopic (exact) mass is 296 g/mol. The number of benzene rings is 2. The molecule has 2 aromatic carbocycles. The van der Waals surface area contributed by atoms with Crippen molar-refractivity contribution in [3.8, 4) is 17.2 Å². The molecule has 0 aromatic heterocycles. The molecule has 0 unspecified atom stereocenters. The molecule has 2 aromatic rings. The van der Waals surface area contributed by atoms with Crippen molar-refractivity contribution >= 4 is 5.78 Å². The summed E-state index contributed by atoms with van der Waals surface area (Å²) in [4.78, 5) is 12.5. The van der Waals surface area contributed by atoms with Crippen LogP contribution in [-0.4, -0.2) is 12.4 Å². The second-order valence-electron chi connectivity index (χ2n) is 5.56. The van der Waals surface area contributed by atoms with Crippen LogP contribution in [0.3, 0.4) is 0 Å². The van der Waals surface area contributed by atoms with E-state index in [1.54, 1.807) is 6.07 Å². The molecule has 3 heteroatoms. The van der Waals surface area contributed by atoms with Gasteiger partial charge in [-0.1, -0.05) is 25.1 Å². The van der Waals surface area contributed by atoms with Crippen molar-refractivity contribution in [2.75, 3.05) is 6.61 Å². The molecule has 0 N–H and O–H groups in total. The summed E-state index contributed by atoms with van der Waals surface area (Å²) < 4.78 is 11.5. The molecule has 3 nitrogen and oxygen atoms in total. The molecule has 0 saturated heterocycles. The van der Waals surface area contributed by atoms with Gasteiger partial charge < -0.3 is 9.47 Å². The highest BCUT2D eigenvalue weighted by Crippen LogP contribution is 2.37. The third-order valence-corrected chi connectivity index (χ3v) is 3.61. The van der Waals surface area contributed by atoms with Gasteiger partial charge in [0.05, 0.1) is 12.2 Å². The summed E-state index contributed by atoms with van der Waals surface area (Å²) in [5.41, 5.74) is 0.643. The van der Waals surface area contributed by atoms with E-state index < -0.39 is 0 Å². The third-order valence-electron chi connectivity index (χ3n) is 3.61. The minimum Gasteiger partial charge on any atom is -0.493 e.